The summed E-state index contributed by atoms with van der Waals surface area (Å²) < 4.78 is 0.555. The van der Waals surface area contributed by atoms with Gasteiger partial charge in [-0.3, -0.25) is 10.1 Å². The Labute approximate surface area is 122 Å². The van der Waals surface area contributed by atoms with Crippen LogP contribution in [0.1, 0.15) is 45.1 Å². The molecule has 1 aromatic carbocycles. The smallest absolute Gasteiger partial charge is 0.283 e. The van der Waals surface area contributed by atoms with Gasteiger partial charge in [-0.1, -0.05) is 38.8 Å². The lowest BCUT2D eigenvalue weighted by atomic mass is 9.84. The maximum absolute atomic E-state index is 10.9. The van der Waals surface area contributed by atoms with Crippen molar-refractivity contribution in [2.24, 2.45) is 5.73 Å². The number of nitrogens with two attached hydrogens (primary N) is 1. The van der Waals surface area contributed by atoms with Gasteiger partial charge in [-0.2, -0.15) is 0 Å². The number of nitro groups is 1. The van der Waals surface area contributed by atoms with E-state index in [9.17, 15) is 10.1 Å². The average molecular weight is 329 g/mol. The Bertz CT molecular complexity index is 451. The fourth-order valence-corrected chi connectivity index (χ4v) is 2.69. The highest BCUT2D eigenvalue weighted by Gasteiger charge is 2.25. The third-order valence-electron chi connectivity index (χ3n) is 3.53. The molecule has 0 spiro atoms. The first-order valence-corrected chi connectivity index (χ1v) is 7.43. The second-order valence-corrected chi connectivity index (χ2v) is 5.80. The Morgan fingerprint density at radius 3 is 2.63 bits per heavy atom. The SMILES string of the molecule is CCCCC(N)(CC)Cc1cccc([N+](=O)[O-])c1Br. The Hall–Kier alpha value is -0.940. The van der Waals surface area contributed by atoms with E-state index < -0.39 is 0 Å². The highest BCUT2D eigenvalue weighted by molar-refractivity contribution is 9.10. The van der Waals surface area contributed by atoms with Crippen molar-refractivity contribution in [2.45, 2.75) is 51.5 Å². The largest absolute Gasteiger partial charge is 0.325 e. The van der Waals surface area contributed by atoms with Gasteiger partial charge >= 0.3 is 0 Å². The number of unbranched alkanes of at least 4 members (excludes halogenated alkanes) is 1. The predicted octanol–water partition coefficient (Wildman–Crippen LogP) is 4.20. The van der Waals surface area contributed by atoms with Crippen molar-refractivity contribution in [1.29, 1.82) is 0 Å². The Morgan fingerprint density at radius 1 is 1.42 bits per heavy atom. The molecule has 0 amide bonds. The molecule has 2 N–H and O–H groups in total. The normalized spacial score (nSPS) is 14.1. The molecule has 0 fully saturated rings. The van der Waals surface area contributed by atoms with Gasteiger partial charge in [0, 0.05) is 11.6 Å². The van der Waals surface area contributed by atoms with Crippen molar-refractivity contribution in [3.8, 4) is 0 Å². The molecule has 0 aliphatic carbocycles. The van der Waals surface area contributed by atoms with Gasteiger partial charge in [0.25, 0.3) is 5.69 Å². The molecule has 1 atom stereocenters. The molecule has 0 aliphatic heterocycles. The minimum atomic E-state index is -0.371. The molecule has 19 heavy (non-hydrogen) atoms. The monoisotopic (exact) mass is 328 g/mol. The molecule has 0 bridgehead atoms. The van der Waals surface area contributed by atoms with E-state index in [2.05, 4.69) is 29.8 Å². The van der Waals surface area contributed by atoms with Crippen LogP contribution in [0.5, 0.6) is 0 Å². The molecule has 4 nitrogen and oxygen atoms in total. The molecular formula is C14H21BrN2O2. The minimum absolute atomic E-state index is 0.103. The van der Waals surface area contributed by atoms with E-state index >= 15 is 0 Å². The minimum Gasteiger partial charge on any atom is -0.325 e. The summed E-state index contributed by atoms with van der Waals surface area (Å²) in [4.78, 5) is 10.6. The topological polar surface area (TPSA) is 69.2 Å². The zero-order valence-electron chi connectivity index (χ0n) is 11.5. The standard InChI is InChI=1S/C14H21BrN2O2/c1-3-5-9-14(16,4-2)10-11-7-6-8-12(13(11)15)17(18)19/h6-8H,3-5,9-10,16H2,1-2H3. The summed E-state index contributed by atoms with van der Waals surface area (Å²) in [6.07, 6.45) is 4.65. The molecule has 0 saturated carbocycles. The number of rotatable bonds is 7. The first kappa shape index (κ1) is 16.1. The summed E-state index contributed by atoms with van der Waals surface area (Å²) in [5, 5.41) is 10.9. The Kier molecular flexibility index (Phi) is 5.94. The van der Waals surface area contributed by atoms with Gasteiger partial charge in [-0.25, -0.2) is 0 Å². The summed E-state index contributed by atoms with van der Waals surface area (Å²) in [6.45, 7) is 4.21. The van der Waals surface area contributed by atoms with E-state index in [0.717, 1.165) is 31.2 Å². The lowest BCUT2D eigenvalue weighted by Gasteiger charge is -2.28. The van der Waals surface area contributed by atoms with Gasteiger partial charge < -0.3 is 5.73 Å². The van der Waals surface area contributed by atoms with Crippen molar-refractivity contribution < 1.29 is 4.92 Å². The average Bonchev–Trinajstić information content (AvgIpc) is 2.38. The quantitative estimate of drug-likeness (QED) is 0.602. The van der Waals surface area contributed by atoms with Gasteiger partial charge in [0.15, 0.2) is 0 Å². The summed E-state index contributed by atoms with van der Waals surface area (Å²) >= 11 is 3.33. The first-order valence-electron chi connectivity index (χ1n) is 6.64. The molecule has 1 unspecified atom stereocenters. The van der Waals surface area contributed by atoms with Crippen LogP contribution >= 0.6 is 15.9 Å². The summed E-state index contributed by atoms with van der Waals surface area (Å²) in [7, 11) is 0. The third kappa shape index (κ3) is 4.28. The number of hydrogen-bond donors (Lipinski definition) is 1. The lowest BCUT2D eigenvalue weighted by molar-refractivity contribution is -0.385. The van der Waals surface area contributed by atoms with E-state index in [4.69, 9.17) is 5.73 Å². The molecule has 5 heteroatoms. The molecule has 0 heterocycles. The first-order chi connectivity index (χ1) is 8.93. The molecule has 0 radical (unpaired) electrons. The second-order valence-electron chi connectivity index (χ2n) is 5.00. The van der Waals surface area contributed by atoms with Gasteiger partial charge in [0.05, 0.1) is 9.40 Å². The fourth-order valence-electron chi connectivity index (χ4n) is 2.14. The van der Waals surface area contributed by atoms with Gasteiger partial charge in [0.2, 0.25) is 0 Å². The molecule has 0 saturated heterocycles. The van der Waals surface area contributed by atoms with Crippen molar-refractivity contribution in [3.05, 3.63) is 38.3 Å². The zero-order valence-corrected chi connectivity index (χ0v) is 13.1. The van der Waals surface area contributed by atoms with Crippen LogP contribution in [-0.4, -0.2) is 10.5 Å². The zero-order chi connectivity index (χ0) is 14.5. The van der Waals surface area contributed by atoms with Crippen molar-refractivity contribution in [3.63, 3.8) is 0 Å². The third-order valence-corrected chi connectivity index (χ3v) is 4.45. The van der Waals surface area contributed by atoms with Crippen LogP contribution in [0.3, 0.4) is 0 Å². The molecule has 1 rings (SSSR count). The van der Waals surface area contributed by atoms with Crippen LogP contribution in [0.25, 0.3) is 0 Å². The van der Waals surface area contributed by atoms with Crippen LogP contribution < -0.4 is 5.73 Å². The van der Waals surface area contributed by atoms with Crippen LogP contribution in [0.2, 0.25) is 0 Å². The Morgan fingerprint density at radius 2 is 2.11 bits per heavy atom. The van der Waals surface area contributed by atoms with Crippen molar-refractivity contribution in [2.75, 3.05) is 0 Å². The summed E-state index contributed by atoms with van der Waals surface area (Å²) in [5.74, 6) is 0. The maximum atomic E-state index is 10.9. The van der Waals surface area contributed by atoms with Crippen LogP contribution in [0, 0.1) is 10.1 Å². The highest BCUT2D eigenvalue weighted by atomic mass is 79.9. The maximum Gasteiger partial charge on any atom is 0.283 e. The number of nitrogens with zero attached hydrogens (tertiary/aromatic N) is 1. The van der Waals surface area contributed by atoms with Gasteiger partial charge in [-0.15, -0.1) is 0 Å². The van der Waals surface area contributed by atoms with Crippen molar-refractivity contribution >= 4 is 21.6 Å². The lowest BCUT2D eigenvalue weighted by Crippen LogP contribution is -2.41. The predicted molar refractivity (Wildman–Crippen MR) is 81.2 cm³/mol. The number of benzene rings is 1. The fraction of sp³-hybridized carbons (Fsp3) is 0.571. The van der Waals surface area contributed by atoms with Crippen molar-refractivity contribution in [1.82, 2.24) is 0 Å². The van der Waals surface area contributed by atoms with Gasteiger partial charge in [-0.05, 0) is 40.8 Å². The second kappa shape index (κ2) is 7.01. The molecule has 1 aromatic rings. The number of nitro benzene ring substituents is 1. The number of halogens is 1. The Balaban J connectivity index is 2.97. The molecular weight excluding hydrogens is 308 g/mol. The highest BCUT2D eigenvalue weighted by Crippen LogP contribution is 2.32. The van der Waals surface area contributed by atoms with Crippen LogP contribution in [0.15, 0.2) is 22.7 Å². The van der Waals surface area contributed by atoms with E-state index in [-0.39, 0.29) is 16.1 Å². The molecule has 0 aromatic heterocycles. The molecule has 106 valence electrons. The van der Waals surface area contributed by atoms with E-state index in [1.165, 1.54) is 6.07 Å². The van der Waals surface area contributed by atoms with Gasteiger partial charge in [0.1, 0.15) is 0 Å². The van der Waals surface area contributed by atoms with Crippen LogP contribution in [0.4, 0.5) is 5.69 Å². The summed E-state index contributed by atoms with van der Waals surface area (Å²) in [6, 6.07) is 5.12. The van der Waals surface area contributed by atoms with E-state index in [1.54, 1.807) is 6.07 Å². The molecule has 0 aliphatic rings. The number of hydrogen-bond acceptors (Lipinski definition) is 3. The van der Waals surface area contributed by atoms with E-state index in [0.29, 0.717) is 10.9 Å². The summed E-state index contributed by atoms with van der Waals surface area (Å²) in [5.41, 5.74) is 7.15. The van der Waals surface area contributed by atoms with E-state index in [1.807, 2.05) is 6.07 Å². The van der Waals surface area contributed by atoms with Crippen LogP contribution in [-0.2, 0) is 6.42 Å².